The lowest BCUT2D eigenvalue weighted by Gasteiger charge is -2.26. The number of ether oxygens (including phenoxy) is 1. The third-order valence-corrected chi connectivity index (χ3v) is 9.06. The van der Waals surface area contributed by atoms with Crippen LogP contribution in [0.2, 0.25) is 0 Å². The second-order valence-electron chi connectivity index (χ2n) is 8.51. The number of thiazole rings is 1. The number of nitrogens with zero attached hydrogens (tertiary/aromatic N) is 3. The fourth-order valence-corrected chi connectivity index (χ4v) is 6.73. The van der Waals surface area contributed by atoms with E-state index >= 15 is 0 Å². The Morgan fingerprint density at radius 2 is 1.88 bits per heavy atom. The second-order valence-corrected chi connectivity index (χ2v) is 11.3. The van der Waals surface area contributed by atoms with Crippen LogP contribution >= 0.6 is 11.3 Å². The second kappa shape index (κ2) is 10.4. The van der Waals surface area contributed by atoms with Crippen LogP contribution in [0.4, 0.5) is 5.69 Å². The van der Waals surface area contributed by atoms with E-state index in [1.54, 1.807) is 41.9 Å². The standard InChI is InChI=1S/C25H29N3O4S2/c29-34(30,27-14-17-31-18-15-27)22-10-8-21(9-11-22)26-25-28(13-12-20-5-2-1-3-6-20)23(19-33-25)24-7-4-16-32-24/h4-5,7-11,16,19H,1-3,6,12-15,17-18H2. The molecule has 2 aliphatic rings. The van der Waals surface area contributed by atoms with E-state index in [0.717, 1.165) is 34.9 Å². The molecule has 9 heteroatoms. The van der Waals surface area contributed by atoms with Gasteiger partial charge in [0, 0.05) is 25.0 Å². The Kier molecular flexibility index (Phi) is 7.15. The Hall–Kier alpha value is -2.46. The van der Waals surface area contributed by atoms with Gasteiger partial charge in [-0.05, 0) is 68.5 Å². The van der Waals surface area contributed by atoms with E-state index in [1.807, 2.05) is 12.1 Å². The fraction of sp³-hybridized carbons (Fsp3) is 0.400. The highest BCUT2D eigenvalue weighted by molar-refractivity contribution is 7.89. The van der Waals surface area contributed by atoms with Crippen LogP contribution in [0.1, 0.15) is 32.1 Å². The summed E-state index contributed by atoms with van der Waals surface area (Å²) in [6.07, 6.45) is 9.96. The Morgan fingerprint density at radius 1 is 1.06 bits per heavy atom. The maximum absolute atomic E-state index is 12.9. The molecule has 0 radical (unpaired) electrons. The first-order valence-corrected chi connectivity index (χ1v) is 14.1. The van der Waals surface area contributed by atoms with Crippen molar-refractivity contribution in [2.24, 2.45) is 4.99 Å². The van der Waals surface area contributed by atoms with Crippen LogP contribution in [0.25, 0.3) is 11.5 Å². The van der Waals surface area contributed by atoms with E-state index < -0.39 is 10.0 Å². The molecule has 180 valence electrons. The number of benzene rings is 1. The van der Waals surface area contributed by atoms with Crippen LogP contribution in [-0.2, 0) is 21.3 Å². The van der Waals surface area contributed by atoms with E-state index in [-0.39, 0.29) is 4.90 Å². The number of allylic oxidation sites excluding steroid dienone is 2. The van der Waals surface area contributed by atoms with Gasteiger partial charge in [-0.15, -0.1) is 11.3 Å². The van der Waals surface area contributed by atoms with Crippen molar-refractivity contribution in [3.8, 4) is 11.5 Å². The van der Waals surface area contributed by atoms with Gasteiger partial charge in [0.1, 0.15) is 0 Å². The summed E-state index contributed by atoms with van der Waals surface area (Å²) in [5, 5.41) is 2.07. The first-order valence-electron chi connectivity index (χ1n) is 11.7. The summed E-state index contributed by atoms with van der Waals surface area (Å²) in [7, 11) is -3.52. The lowest BCUT2D eigenvalue weighted by Crippen LogP contribution is -2.40. The zero-order valence-electron chi connectivity index (χ0n) is 19.1. The van der Waals surface area contributed by atoms with Crippen molar-refractivity contribution >= 4 is 27.0 Å². The molecular formula is C25H29N3O4S2. The normalized spacial score (nSPS) is 18.2. The molecule has 1 aromatic carbocycles. The molecule has 0 unspecified atom stereocenters. The van der Waals surface area contributed by atoms with Crippen molar-refractivity contribution in [1.29, 1.82) is 0 Å². The number of hydrogen-bond acceptors (Lipinski definition) is 6. The number of furan rings is 1. The average Bonchev–Trinajstić information content (AvgIpc) is 3.54. The summed E-state index contributed by atoms with van der Waals surface area (Å²) in [4.78, 5) is 6.02. The molecule has 0 saturated carbocycles. The highest BCUT2D eigenvalue weighted by Crippen LogP contribution is 2.25. The predicted octanol–water partition coefficient (Wildman–Crippen LogP) is 4.95. The molecule has 0 atom stereocenters. The third kappa shape index (κ3) is 5.12. The van der Waals surface area contributed by atoms with Crippen LogP contribution in [0, 0.1) is 0 Å². The molecule has 0 amide bonds. The molecule has 7 nitrogen and oxygen atoms in total. The predicted molar refractivity (Wildman–Crippen MR) is 132 cm³/mol. The number of hydrogen-bond donors (Lipinski definition) is 0. The van der Waals surface area contributed by atoms with Gasteiger partial charge in [-0.1, -0.05) is 11.6 Å². The Morgan fingerprint density at radius 3 is 2.59 bits per heavy atom. The Balaban J connectivity index is 1.43. The minimum atomic E-state index is -3.52. The molecule has 34 heavy (non-hydrogen) atoms. The van der Waals surface area contributed by atoms with Crippen LogP contribution in [0.3, 0.4) is 0 Å². The van der Waals surface area contributed by atoms with Crippen LogP contribution in [-0.4, -0.2) is 43.6 Å². The lowest BCUT2D eigenvalue weighted by atomic mass is 9.97. The van der Waals surface area contributed by atoms with Crippen molar-refractivity contribution in [3.05, 3.63) is 64.5 Å². The van der Waals surface area contributed by atoms with Crippen molar-refractivity contribution in [3.63, 3.8) is 0 Å². The summed E-state index contributed by atoms with van der Waals surface area (Å²) in [6.45, 7) is 2.46. The molecule has 1 fully saturated rings. The van der Waals surface area contributed by atoms with E-state index in [0.29, 0.717) is 26.3 Å². The molecular weight excluding hydrogens is 470 g/mol. The molecule has 0 bridgehead atoms. The van der Waals surface area contributed by atoms with Crippen molar-refractivity contribution in [2.75, 3.05) is 26.3 Å². The average molecular weight is 500 g/mol. The van der Waals surface area contributed by atoms with Gasteiger partial charge in [-0.3, -0.25) is 0 Å². The van der Waals surface area contributed by atoms with E-state index in [4.69, 9.17) is 14.1 Å². The summed E-state index contributed by atoms with van der Waals surface area (Å²) in [5.74, 6) is 0.822. The number of morpholine rings is 1. The van der Waals surface area contributed by atoms with Crippen LogP contribution in [0.5, 0.6) is 0 Å². The van der Waals surface area contributed by atoms with Gasteiger partial charge in [0.05, 0.1) is 35.8 Å². The topological polar surface area (TPSA) is 77.0 Å². The quantitative estimate of drug-likeness (QED) is 0.431. The van der Waals surface area contributed by atoms with Gasteiger partial charge in [0.15, 0.2) is 10.6 Å². The molecule has 3 heterocycles. The molecule has 1 saturated heterocycles. The summed E-state index contributed by atoms with van der Waals surface area (Å²) >= 11 is 1.56. The van der Waals surface area contributed by atoms with Gasteiger partial charge in [0.2, 0.25) is 10.0 Å². The molecule has 0 spiro atoms. The van der Waals surface area contributed by atoms with Crippen LogP contribution < -0.4 is 4.80 Å². The van der Waals surface area contributed by atoms with Crippen molar-refractivity contribution in [2.45, 2.75) is 43.5 Å². The largest absolute Gasteiger partial charge is 0.463 e. The molecule has 5 rings (SSSR count). The van der Waals surface area contributed by atoms with Gasteiger partial charge >= 0.3 is 0 Å². The first-order chi connectivity index (χ1) is 16.6. The zero-order chi connectivity index (χ0) is 23.4. The minimum absolute atomic E-state index is 0.285. The molecule has 2 aromatic heterocycles. The Bertz CT molecular complexity index is 1300. The SMILES string of the molecule is O=S(=O)(c1ccc(N=c2scc(-c3ccco3)n2CCC2=CCCCC2)cc1)N1CCOCC1. The zero-order valence-corrected chi connectivity index (χ0v) is 20.7. The van der Waals surface area contributed by atoms with E-state index in [1.165, 1.54) is 35.6 Å². The Labute approximate surface area is 204 Å². The number of rotatable bonds is 7. The fourth-order valence-electron chi connectivity index (χ4n) is 4.38. The number of sulfonamides is 1. The van der Waals surface area contributed by atoms with Gasteiger partial charge < -0.3 is 13.7 Å². The monoisotopic (exact) mass is 499 g/mol. The third-order valence-electron chi connectivity index (χ3n) is 6.28. The van der Waals surface area contributed by atoms with Gasteiger partial charge in [-0.2, -0.15) is 4.31 Å². The first kappa shape index (κ1) is 23.3. The van der Waals surface area contributed by atoms with Gasteiger partial charge in [-0.25, -0.2) is 13.4 Å². The number of aromatic nitrogens is 1. The highest BCUT2D eigenvalue weighted by atomic mass is 32.2. The molecule has 1 aliphatic carbocycles. The highest BCUT2D eigenvalue weighted by Gasteiger charge is 2.26. The maximum atomic E-state index is 12.9. The van der Waals surface area contributed by atoms with E-state index in [2.05, 4.69) is 16.0 Å². The molecule has 3 aromatic rings. The molecule has 1 aliphatic heterocycles. The van der Waals surface area contributed by atoms with Crippen molar-refractivity contribution in [1.82, 2.24) is 8.87 Å². The van der Waals surface area contributed by atoms with Crippen molar-refractivity contribution < 1.29 is 17.6 Å². The summed E-state index contributed by atoms with van der Waals surface area (Å²) < 4.78 is 40.4. The van der Waals surface area contributed by atoms with Crippen LogP contribution in [0.15, 0.2) is 74.0 Å². The van der Waals surface area contributed by atoms with Gasteiger partial charge in [0.25, 0.3) is 0 Å². The smallest absolute Gasteiger partial charge is 0.243 e. The van der Waals surface area contributed by atoms with E-state index in [9.17, 15) is 8.42 Å². The minimum Gasteiger partial charge on any atom is -0.463 e. The summed E-state index contributed by atoms with van der Waals surface area (Å²) in [6, 6.07) is 10.7. The lowest BCUT2D eigenvalue weighted by molar-refractivity contribution is 0.0730. The molecule has 0 N–H and O–H groups in total. The maximum Gasteiger partial charge on any atom is 0.243 e. The summed E-state index contributed by atoms with van der Waals surface area (Å²) in [5.41, 5.74) is 3.25.